The van der Waals surface area contributed by atoms with Gasteiger partial charge in [0.05, 0.1) is 22.5 Å². The van der Waals surface area contributed by atoms with Crippen LogP contribution in [0.1, 0.15) is 11.1 Å². The molecule has 4 nitrogen and oxygen atoms in total. The molecule has 2 aromatic carbocycles. The van der Waals surface area contributed by atoms with Gasteiger partial charge in [0.15, 0.2) is 0 Å². The lowest BCUT2D eigenvalue weighted by Crippen LogP contribution is -2.04. The molecular formula is C20H17N3OS. The minimum atomic E-state index is -0.0141. The SMILES string of the molecule is OCc1ccccc1-c1nc(NCc2ccccc2)nc2ccsc12. The summed E-state index contributed by atoms with van der Waals surface area (Å²) in [6.45, 7) is 0.650. The summed E-state index contributed by atoms with van der Waals surface area (Å²) in [4.78, 5) is 9.36. The van der Waals surface area contributed by atoms with Gasteiger partial charge in [0, 0.05) is 12.1 Å². The van der Waals surface area contributed by atoms with Crippen molar-refractivity contribution in [1.82, 2.24) is 9.97 Å². The van der Waals surface area contributed by atoms with E-state index in [0.717, 1.165) is 27.0 Å². The van der Waals surface area contributed by atoms with E-state index in [4.69, 9.17) is 4.98 Å². The Morgan fingerprint density at radius 2 is 1.72 bits per heavy atom. The second-order valence-electron chi connectivity index (χ2n) is 5.69. The molecule has 0 bridgehead atoms. The van der Waals surface area contributed by atoms with Crippen LogP contribution in [0.2, 0.25) is 0 Å². The zero-order chi connectivity index (χ0) is 17.1. The van der Waals surface area contributed by atoms with Crippen molar-refractivity contribution in [1.29, 1.82) is 0 Å². The van der Waals surface area contributed by atoms with Gasteiger partial charge < -0.3 is 10.4 Å². The molecule has 0 aliphatic rings. The number of fused-ring (bicyclic) bond motifs is 1. The van der Waals surface area contributed by atoms with Crippen LogP contribution in [0.3, 0.4) is 0 Å². The predicted octanol–water partition coefficient (Wildman–Crippen LogP) is 4.46. The van der Waals surface area contributed by atoms with Gasteiger partial charge in [-0.25, -0.2) is 9.97 Å². The molecule has 124 valence electrons. The Bertz CT molecular complexity index is 998. The summed E-state index contributed by atoms with van der Waals surface area (Å²) in [6.07, 6.45) is 0. The fourth-order valence-electron chi connectivity index (χ4n) is 2.79. The first-order valence-electron chi connectivity index (χ1n) is 8.07. The van der Waals surface area contributed by atoms with Gasteiger partial charge in [-0.2, -0.15) is 0 Å². The van der Waals surface area contributed by atoms with Crippen molar-refractivity contribution in [3.05, 3.63) is 77.2 Å². The summed E-state index contributed by atoms with van der Waals surface area (Å²) >= 11 is 1.62. The van der Waals surface area contributed by atoms with Crippen molar-refractivity contribution >= 4 is 27.5 Å². The second-order valence-corrected chi connectivity index (χ2v) is 6.60. The number of aromatic nitrogens is 2. The molecule has 0 fully saturated rings. The molecule has 4 aromatic rings. The predicted molar refractivity (Wildman–Crippen MR) is 103 cm³/mol. The molecule has 0 saturated heterocycles. The normalized spacial score (nSPS) is 10.9. The average Bonchev–Trinajstić information content (AvgIpc) is 3.15. The van der Waals surface area contributed by atoms with Gasteiger partial charge in [-0.05, 0) is 22.6 Å². The topological polar surface area (TPSA) is 58.0 Å². The molecule has 0 aliphatic carbocycles. The number of benzene rings is 2. The van der Waals surface area contributed by atoms with Crippen molar-refractivity contribution < 1.29 is 5.11 Å². The Morgan fingerprint density at radius 3 is 2.56 bits per heavy atom. The monoisotopic (exact) mass is 347 g/mol. The van der Waals surface area contributed by atoms with E-state index in [1.807, 2.05) is 53.9 Å². The van der Waals surface area contributed by atoms with E-state index in [0.29, 0.717) is 12.5 Å². The highest BCUT2D eigenvalue weighted by atomic mass is 32.1. The van der Waals surface area contributed by atoms with Gasteiger partial charge in [0.25, 0.3) is 0 Å². The standard InChI is InChI=1S/C20H17N3OS/c24-13-15-8-4-5-9-16(15)18-19-17(10-11-25-19)22-20(23-18)21-12-14-6-2-1-3-7-14/h1-11,24H,12-13H2,(H,21,22,23). The molecule has 0 spiro atoms. The zero-order valence-corrected chi connectivity index (χ0v) is 14.3. The van der Waals surface area contributed by atoms with Crippen LogP contribution in [0.4, 0.5) is 5.95 Å². The van der Waals surface area contributed by atoms with Crippen LogP contribution in [0, 0.1) is 0 Å². The van der Waals surface area contributed by atoms with Gasteiger partial charge in [0.2, 0.25) is 5.95 Å². The van der Waals surface area contributed by atoms with Crippen LogP contribution in [0.15, 0.2) is 66.0 Å². The third kappa shape index (κ3) is 3.24. The molecular weight excluding hydrogens is 330 g/mol. The van der Waals surface area contributed by atoms with Gasteiger partial charge in [-0.1, -0.05) is 54.6 Å². The number of anilines is 1. The molecule has 0 amide bonds. The van der Waals surface area contributed by atoms with E-state index in [9.17, 15) is 5.11 Å². The lowest BCUT2D eigenvalue weighted by Gasteiger charge is -2.11. The fourth-order valence-corrected chi connectivity index (χ4v) is 3.63. The summed E-state index contributed by atoms with van der Waals surface area (Å²) in [5, 5.41) is 15.0. The van der Waals surface area contributed by atoms with Crippen LogP contribution >= 0.6 is 11.3 Å². The van der Waals surface area contributed by atoms with Crippen molar-refractivity contribution in [2.24, 2.45) is 0 Å². The minimum absolute atomic E-state index is 0.0141. The largest absolute Gasteiger partial charge is 0.392 e. The fraction of sp³-hybridized carbons (Fsp3) is 0.100. The lowest BCUT2D eigenvalue weighted by atomic mass is 10.0. The number of rotatable bonds is 5. The Morgan fingerprint density at radius 1 is 0.920 bits per heavy atom. The van der Waals surface area contributed by atoms with Gasteiger partial charge in [-0.15, -0.1) is 11.3 Å². The van der Waals surface area contributed by atoms with Crippen LogP contribution in [0.25, 0.3) is 21.5 Å². The molecule has 4 rings (SSSR count). The van der Waals surface area contributed by atoms with Crippen LogP contribution < -0.4 is 5.32 Å². The first kappa shape index (κ1) is 15.7. The highest BCUT2D eigenvalue weighted by molar-refractivity contribution is 7.17. The zero-order valence-electron chi connectivity index (χ0n) is 13.5. The van der Waals surface area contributed by atoms with Crippen LogP contribution in [0.5, 0.6) is 0 Å². The third-order valence-electron chi connectivity index (χ3n) is 4.04. The van der Waals surface area contributed by atoms with Gasteiger partial charge in [-0.3, -0.25) is 0 Å². The highest BCUT2D eigenvalue weighted by Crippen LogP contribution is 2.33. The second kappa shape index (κ2) is 7.01. The van der Waals surface area contributed by atoms with Crippen molar-refractivity contribution in [2.75, 3.05) is 5.32 Å². The summed E-state index contributed by atoms with van der Waals surface area (Å²) in [6, 6.07) is 20.0. The van der Waals surface area contributed by atoms with Gasteiger partial charge >= 0.3 is 0 Å². The Labute approximate surface area is 149 Å². The summed E-state index contributed by atoms with van der Waals surface area (Å²) in [7, 11) is 0. The summed E-state index contributed by atoms with van der Waals surface area (Å²) in [5.74, 6) is 0.595. The highest BCUT2D eigenvalue weighted by Gasteiger charge is 2.13. The van der Waals surface area contributed by atoms with Crippen LogP contribution in [-0.2, 0) is 13.2 Å². The average molecular weight is 347 g/mol. The molecule has 5 heteroatoms. The van der Waals surface area contributed by atoms with E-state index in [1.54, 1.807) is 11.3 Å². The van der Waals surface area contributed by atoms with Crippen molar-refractivity contribution in [3.8, 4) is 11.3 Å². The third-order valence-corrected chi connectivity index (χ3v) is 4.95. The number of aliphatic hydroxyl groups is 1. The molecule has 0 atom stereocenters. The maximum absolute atomic E-state index is 9.67. The Kier molecular flexibility index (Phi) is 4.41. The molecule has 2 aromatic heterocycles. The molecule has 2 N–H and O–H groups in total. The van der Waals surface area contributed by atoms with Gasteiger partial charge in [0.1, 0.15) is 0 Å². The van der Waals surface area contributed by atoms with Crippen molar-refractivity contribution in [3.63, 3.8) is 0 Å². The van der Waals surface area contributed by atoms with E-state index in [-0.39, 0.29) is 6.61 Å². The van der Waals surface area contributed by atoms with E-state index in [2.05, 4.69) is 22.4 Å². The molecule has 2 heterocycles. The molecule has 0 aliphatic heterocycles. The quantitative estimate of drug-likeness (QED) is 0.559. The maximum Gasteiger partial charge on any atom is 0.224 e. The number of nitrogens with one attached hydrogen (secondary N) is 1. The number of hydrogen-bond donors (Lipinski definition) is 2. The number of thiophene rings is 1. The smallest absolute Gasteiger partial charge is 0.224 e. The summed E-state index contributed by atoms with van der Waals surface area (Å²) < 4.78 is 1.03. The summed E-state index contributed by atoms with van der Waals surface area (Å²) in [5.41, 5.74) is 4.76. The van der Waals surface area contributed by atoms with Crippen molar-refractivity contribution in [2.45, 2.75) is 13.2 Å². The number of nitrogens with zero attached hydrogens (tertiary/aromatic N) is 2. The number of aliphatic hydroxyl groups excluding tert-OH is 1. The van der Waals surface area contributed by atoms with E-state index in [1.165, 1.54) is 5.56 Å². The first-order chi connectivity index (χ1) is 12.3. The Hall–Kier alpha value is -2.76. The minimum Gasteiger partial charge on any atom is -0.392 e. The first-order valence-corrected chi connectivity index (χ1v) is 8.95. The maximum atomic E-state index is 9.67. The van der Waals surface area contributed by atoms with E-state index < -0.39 is 0 Å². The van der Waals surface area contributed by atoms with Crippen LogP contribution in [-0.4, -0.2) is 15.1 Å². The molecule has 25 heavy (non-hydrogen) atoms. The Balaban J connectivity index is 1.75. The molecule has 0 unspecified atom stereocenters. The molecule has 0 radical (unpaired) electrons. The number of hydrogen-bond acceptors (Lipinski definition) is 5. The lowest BCUT2D eigenvalue weighted by molar-refractivity contribution is 0.282. The van der Waals surface area contributed by atoms with E-state index >= 15 is 0 Å². The molecule has 0 saturated carbocycles.